The van der Waals surface area contributed by atoms with Crippen molar-refractivity contribution in [1.29, 1.82) is 0 Å². The molecule has 0 amide bonds. The van der Waals surface area contributed by atoms with Crippen molar-refractivity contribution in [1.82, 2.24) is 5.32 Å². The summed E-state index contributed by atoms with van der Waals surface area (Å²) in [5.41, 5.74) is 0. The number of hydrogen-bond acceptors (Lipinski definition) is 6. The number of hydrogen-bond donors (Lipinski definition) is 5. The Morgan fingerprint density at radius 1 is 1.23 bits per heavy atom. The first-order valence-corrected chi connectivity index (χ1v) is 4.09. The fourth-order valence-electron chi connectivity index (χ4n) is 1.41. The minimum absolute atomic E-state index is 0.439. The van der Waals surface area contributed by atoms with Gasteiger partial charge in [0.2, 0.25) is 0 Å². The van der Waals surface area contributed by atoms with Crippen LogP contribution in [0.25, 0.3) is 0 Å². The molecule has 0 aromatic heterocycles. The molecule has 6 nitrogen and oxygen atoms in total. The van der Waals surface area contributed by atoms with Gasteiger partial charge in [-0.05, 0) is 7.05 Å². The lowest BCUT2D eigenvalue weighted by Gasteiger charge is -2.39. The van der Waals surface area contributed by atoms with Crippen LogP contribution in [-0.4, -0.2) is 64.7 Å². The summed E-state index contributed by atoms with van der Waals surface area (Å²) < 4.78 is 4.85. The molecule has 1 fully saturated rings. The Kier molecular flexibility index (Phi) is 3.60. The summed E-state index contributed by atoms with van der Waals surface area (Å²) >= 11 is 0. The third-order valence-electron chi connectivity index (χ3n) is 2.23. The largest absolute Gasteiger partial charge is 0.394 e. The third kappa shape index (κ3) is 1.98. The zero-order valence-electron chi connectivity index (χ0n) is 7.29. The Morgan fingerprint density at radius 3 is 2.31 bits per heavy atom. The van der Waals surface area contributed by atoms with E-state index in [0.717, 1.165) is 0 Å². The number of likely N-dealkylation sites (N-methyl/N-ethyl adjacent to an activating group) is 1. The maximum atomic E-state index is 9.45. The van der Waals surface area contributed by atoms with E-state index in [1.165, 1.54) is 7.05 Å². The first-order valence-electron chi connectivity index (χ1n) is 4.09. The van der Waals surface area contributed by atoms with Gasteiger partial charge in [-0.25, -0.2) is 0 Å². The van der Waals surface area contributed by atoms with Crippen LogP contribution >= 0.6 is 0 Å². The van der Waals surface area contributed by atoms with Crippen molar-refractivity contribution in [2.45, 2.75) is 30.6 Å². The number of rotatable bonds is 2. The standard InChI is InChI=1S/C7H15NO5/c1-8-4-6(11)5(10)3(2-9)13-7(4)12/h3-12H,2H2,1H3/t3-,4-,5-,6-,7-/m1/s1. The van der Waals surface area contributed by atoms with Gasteiger partial charge in [0.15, 0.2) is 6.29 Å². The van der Waals surface area contributed by atoms with Gasteiger partial charge in [-0.2, -0.15) is 0 Å². The van der Waals surface area contributed by atoms with Crippen molar-refractivity contribution in [2.75, 3.05) is 13.7 Å². The van der Waals surface area contributed by atoms with E-state index in [9.17, 15) is 15.3 Å². The molecular weight excluding hydrogens is 178 g/mol. The Morgan fingerprint density at radius 2 is 1.85 bits per heavy atom. The highest BCUT2D eigenvalue weighted by atomic mass is 16.6. The van der Waals surface area contributed by atoms with E-state index in [-0.39, 0.29) is 0 Å². The molecule has 0 aromatic carbocycles. The molecule has 1 heterocycles. The number of aliphatic hydroxyl groups is 4. The lowest BCUT2D eigenvalue weighted by molar-refractivity contribution is -0.253. The molecule has 0 spiro atoms. The Balaban J connectivity index is 2.66. The lowest BCUT2D eigenvalue weighted by atomic mass is 9.97. The Labute approximate surface area is 75.8 Å². The van der Waals surface area contributed by atoms with Gasteiger partial charge in [-0.3, -0.25) is 0 Å². The average Bonchev–Trinajstić information content (AvgIpc) is 2.12. The molecule has 1 aliphatic heterocycles. The second kappa shape index (κ2) is 4.32. The second-order valence-electron chi connectivity index (χ2n) is 3.04. The Hall–Kier alpha value is -0.240. The van der Waals surface area contributed by atoms with E-state index >= 15 is 0 Å². The van der Waals surface area contributed by atoms with Crippen molar-refractivity contribution < 1.29 is 25.2 Å². The van der Waals surface area contributed by atoms with Crippen LogP contribution in [0.3, 0.4) is 0 Å². The molecule has 1 saturated heterocycles. The van der Waals surface area contributed by atoms with E-state index in [2.05, 4.69) is 5.32 Å². The van der Waals surface area contributed by atoms with Crippen molar-refractivity contribution in [3.63, 3.8) is 0 Å². The highest BCUT2D eigenvalue weighted by molar-refractivity contribution is 4.91. The maximum Gasteiger partial charge on any atom is 0.173 e. The van der Waals surface area contributed by atoms with E-state index in [1.54, 1.807) is 0 Å². The van der Waals surface area contributed by atoms with Crippen LogP contribution in [0, 0.1) is 0 Å². The fraction of sp³-hybridized carbons (Fsp3) is 1.00. The molecule has 5 N–H and O–H groups in total. The summed E-state index contributed by atoms with van der Waals surface area (Å²) in [5.74, 6) is 0. The summed E-state index contributed by atoms with van der Waals surface area (Å²) in [4.78, 5) is 0. The van der Waals surface area contributed by atoms with Gasteiger partial charge >= 0.3 is 0 Å². The van der Waals surface area contributed by atoms with E-state index < -0.39 is 37.3 Å². The first kappa shape index (κ1) is 10.8. The minimum atomic E-state index is -1.22. The van der Waals surface area contributed by atoms with Crippen LogP contribution in [0.15, 0.2) is 0 Å². The fourth-order valence-corrected chi connectivity index (χ4v) is 1.41. The zero-order valence-corrected chi connectivity index (χ0v) is 7.29. The molecule has 1 rings (SSSR count). The first-order chi connectivity index (χ1) is 6.11. The monoisotopic (exact) mass is 193 g/mol. The molecule has 0 aromatic rings. The highest BCUT2D eigenvalue weighted by Crippen LogP contribution is 2.18. The van der Waals surface area contributed by atoms with Crippen LogP contribution < -0.4 is 5.32 Å². The van der Waals surface area contributed by atoms with Gasteiger partial charge in [0.25, 0.3) is 0 Å². The number of nitrogens with one attached hydrogen (secondary N) is 1. The van der Waals surface area contributed by atoms with Gasteiger partial charge < -0.3 is 30.5 Å². The van der Waals surface area contributed by atoms with E-state index in [4.69, 9.17) is 9.84 Å². The van der Waals surface area contributed by atoms with Crippen LogP contribution in [0.4, 0.5) is 0 Å². The smallest absolute Gasteiger partial charge is 0.173 e. The van der Waals surface area contributed by atoms with Gasteiger partial charge in [0.1, 0.15) is 18.3 Å². The lowest BCUT2D eigenvalue weighted by Crippen LogP contribution is -2.62. The van der Waals surface area contributed by atoms with Crippen LogP contribution in [-0.2, 0) is 4.74 Å². The van der Waals surface area contributed by atoms with Gasteiger partial charge in [0, 0.05) is 0 Å². The van der Waals surface area contributed by atoms with Crippen molar-refractivity contribution in [3.8, 4) is 0 Å². The van der Waals surface area contributed by atoms with Gasteiger partial charge in [-0.1, -0.05) is 0 Å². The minimum Gasteiger partial charge on any atom is -0.394 e. The molecule has 0 bridgehead atoms. The summed E-state index contributed by atoms with van der Waals surface area (Å²) in [6, 6.07) is -0.738. The number of ether oxygens (including phenoxy) is 1. The molecule has 0 saturated carbocycles. The van der Waals surface area contributed by atoms with Gasteiger partial charge in [0.05, 0.1) is 12.6 Å². The molecule has 0 radical (unpaired) electrons. The normalized spacial score (nSPS) is 46.4. The maximum absolute atomic E-state index is 9.45. The average molecular weight is 193 g/mol. The molecule has 1 aliphatic rings. The van der Waals surface area contributed by atoms with E-state index in [0.29, 0.717) is 0 Å². The predicted octanol–water partition coefficient (Wildman–Crippen LogP) is -2.99. The van der Waals surface area contributed by atoms with Crippen LogP contribution in [0.5, 0.6) is 0 Å². The summed E-state index contributed by atoms with van der Waals surface area (Å²) in [5, 5.41) is 39.4. The van der Waals surface area contributed by atoms with E-state index in [1.807, 2.05) is 0 Å². The quantitative estimate of drug-likeness (QED) is 0.320. The molecule has 6 heteroatoms. The Bertz CT molecular complexity index is 167. The van der Waals surface area contributed by atoms with Crippen LogP contribution in [0.2, 0.25) is 0 Å². The molecular formula is C7H15NO5. The van der Waals surface area contributed by atoms with Crippen LogP contribution in [0.1, 0.15) is 0 Å². The summed E-state index contributed by atoms with van der Waals surface area (Å²) in [6.07, 6.45) is -4.49. The molecule has 5 atom stereocenters. The van der Waals surface area contributed by atoms with Crippen molar-refractivity contribution >= 4 is 0 Å². The number of aliphatic hydroxyl groups excluding tert-OH is 4. The summed E-state index contributed by atoms with van der Waals surface area (Å²) in [7, 11) is 1.53. The highest BCUT2D eigenvalue weighted by Gasteiger charge is 2.42. The predicted molar refractivity (Wildman–Crippen MR) is 42.8 cm³/mol. The second-order valence-corrected chi connectivity index (χ2v) is 3.04. The summed E-state index contributed by atoms with van der Waals surface area (Å²) in [6.45, 7) is -0.439. The topological polar surface area (TPSA) is 102 Å². The van der Waals surface area contributed by atoms with Gasteiger partial charge in [-0.15, -0.1) is 0 Å². The SMILES string of the molecule is CN[C@@H]1[C@@H](O)[C@H](O)[C@@H](CO)O[C@H]1O. The zero-order chi connectivity index (χ0) is 10.0. The molecule has 0 unspecified atom stereocenters. The van der Waals surface area contributed by atoms with Crippen molar-refractivity contribution in [2.24, 2.45) is 0 Å². The molecule has 0 aliphatic carbocycles. The molecule has 78 valence electrons. The molecule has 13 heavy (non-hydrogen) atoms. The third-order valence-corrected chi connectivity index (χ3v) is 2.23. The van der Waals surface area contributed by atoms with Crippen molar-refractivity contribution in [3.05, 3.63) is 0 Å².